The Morgan fingerprint density at radius 3 is 2.58 bits per heavy atom. The molecule has 2 N–H and O–H groups in total. The molecule has 0 aliphatic carbocycles. The first-order valence-electron chi connectivity index (χ1n) is 6.50. The Balaban J connectivity index is 2.07. The van der Waals surface area contributed by atoms with Crippen LogP contribution >= 0.6 is 15.9 Å². The second-order valence-corrected chi connectivity index (χ2v) is 6.13. The minimum Gasteiger partial charge on any atom is -0.398 e. The van der Waals surface area contributed by atoms with Gasteiger partial charge in [0.2, 0.25) is 0 Å². The molecule has 0 spiro atoms. The lowest BCUT2D eigenvalue weighted by molar-refractivity contribution is 0.0664. The minimum atomic E-state index is 0.0380. The van der Waals surface area contributed by atoms with Crippen molar-refractivity contribution in [3.8, 4) is 0 Å². The van der Waals surface area contributed by atoms with Gasteiger partial charge >= 0.3 is 0 Å². The molecule has 0 aromatic heterocycles. The number of benzene rings is 1. The molecule has 0 unspecified atom stereocenters. The predicted octanol–water partition coefficient (Wildman–Crippen LogP) is 2.20. The molecule has 1 saturated heterocycles. The number of anilines is 1. The fourth-order valence-corrected chi connectivity index (χ4v) is 2.83. The summed E-state index contributed by atoms with van der Waals surface area (Å²) in [6.07, 6.45) is 2.04. The van der Waals surface area contributed by atoms with Gasteiger partial charge in [-0.25, -0.2) is 0 Å². The zero-order chi connectivity index (χ0) is 14.0. The summed E-state index contributed by atoms with van der Waals surface area (Å²) in [6.45, 7) is 1.60. The lowest BCUT2D eigenvalue weighted by Gasteiger charge is -2.35. The topological polar surface area (TPSA) is 49.6 Å². The average Bonchev–Trinajstić information content (AvgIpc) is 2.41. The lowest BCUT2D eigenvalue weighted by atomic mass is 10.0. The standard InChI is InChI=1S/C14H20BrN3O/c1-17(2)11-5-7-18(8-6-11)14(19)12-9-10(15)3-4-13(12)16/h3-4,9,11H,5-8,16H2,1-2H3. The summed E-state index contributed by atoms with van der Waals surface area (Å²) in [5.41, 5.74) is 7.04. The van der Waals surface area contributed by atoms with Gasteiger partial charge in [0, 0.05) is 29.3 Å². The normalized spacial score (nSPS) is 16.9. The van der Waals surface area contributed by atoms with E-state index in [-0.39, 0.29) is 5.91 Å². The molecule has 1 aromatic rings. The van der Waals surface area contributed by atoms with Crippen LogP contribution in [0.1, 0.15) is 23.2 Å². The van der Waals surface area contributed by atoms with E-state index >= 15 is 0 Å². The molecule has 0 atom stereocenters. The van der Waals surface area contributed by atoms with E-state index in [1.165, 1.54) is 0 Å². The average molecular weight is 326 g/mol. The third-order valence-corrected chi connectivity index (χ3v) is 4.22. The molecule has 1 amide bonds. The van der Waals surface area contributed by atoms with Gasteiger partial charge in [-0.2, -0.15) is 0 Å². The van der Waals surface area contributed by atoms with Gasteiger partial charge in [0.05, 0.1) is 5.56 Å². The van der Waals surface area contributed by atoms with E-state index in [1.54, 1.807) is 12.1 Å². The molecular formula is C14H20BrN3O. The van der Waals surface area contributed by atoms with Crippen molar-refractivity contribution in [3.63, 3.8) is 0 Å². The van der Waals surface area contributed by atoms with Crippen LogP contribution in [0.15, 0.2) is 22.7 Å². The molecule has 1 aromatic carbocycles. The number of hydrogen-bond donors (Lipinski definition) is 1. The number of nitrogens with two attached hydrogens (primary N) is 1. The Morgan fingerprint density at radius 2 is 2.00 bits per heavy atom. The van der Waals surface area contributed by atoms with E-state index in [0.29, 0.717) is 17.3 Å². The minimum absolute atomic E-state index is 0.0380. The number of carbonyl (C=O) groups is 1. The molecule has 5 heteroatoms. The van der Waals surface area contributed by atoms with Crippen molar-refractivity contribution in [2.45, 2.75) is 18.9 Å². The number of nitrogens with zero attached hydrogens (tertiary/aromatic N) is 2. The fourth-order valence-electron chi connectivity index (χ4n) is 2.47. The Hall–Kier alpha value is -1.07. The number of rotatable bonds is 2. The van der Waals surface area contributed by atoms with Gasteiger partial charge in [-0.1, -0.05) is 15.9 Å². The van der Waals surface area contributed by atoms with Crippen molar-refractivity contribution >= 4 is 27.5 Å². The molecule has 1 fully saturated rings. The third-order valence-electron chi connectivity index (χ3n) is 3.73. The maximum atomic E-state index is 12.5. The summed E-state index contributed by atoms with van der Waals surface area (Å²) in [4.78, 5) is 16.6. The highest BCUT2D eigenvalue weighted by molar-refractivity contribution is 9.10. The highest BCUT2D eigenvalue weighted by Crippen LogP contribution is 2.22. The van der Waals surface area contributed by atoms with Gasteiger partial charge in [-0.05, 0) is 45.1 Å². The third kappa shape index (κ3) is 3.28. The number of halogens is 1. The molecule has 1 heterocycles. The van der Waals surface area contributed by atoms with Gasteiger partial charge in [-0.3, -0.25) is 4.79 Å². The smallest absolute Gasteiger partial charge is 0.255 e. The van der Waals surface area contributed by atoms with Crippen molar-refractivity contribution < 1.29 is 4.79 Å². The number of nitrogen functional groups attached to an aromatic ring is 1. The van der Waals surface area contributed by atoms with Crippen molar-refractivity contribution in [2.75, 3.05) is 32.9 Å². The van der Waals surface area contributed by atoms with Crippen molar-refractivity contribution in [1.29, 1.82) is 0 Å². The van der Waals surface area contributed by atoms with Crippen molar-refractivity contribution in [2.24, 2.45) is 0 Å². The number of piperidine rings is 1. The van der Waals surface area contributed by atoms with Crippen LogP contribution in [0.2, 0.25) is 0 Å². The van der Waals surface area contributed by atoms with E-state index < -0.39 is 0 Å². The van der Waals surface area contributed by atoms with Crippen LogP contribution in [0.3, 0.4) is 0 Å². The van der Waals surface area contributed by atoms with Gasteiger partial charge in [0.25, 0.3) is 5.91 Å². The summed E-state index contributed by atoms with van der Waals surface area (Å²) in [5, 5.41) is 0. The van der Waals surface area contributed by atoms with Crippen LogP contribution in [-0.2, 0) is 0 Å². The molecule has 1 aliphatic rings. The first-order valence-corrected chi connectivity index (χ1v) is 7.29. The van der Waals surface area contributed by atoms with Crippen LogP contribution in [0.4, 0.5) is 5.69 Å². The Bertz CT molecular complexity index is 468. The van der Waals surface area contributed by atoms with Crippen LogP contribution in [0.5, 0.6) is 0 Å². The molecule has 19 heavy (non-hydrogen) atoms. The summed E-state index contributed by atoms with van der Waals surface area (Å²) in [5.74, 6) is 0.0380. The number of carbonyl (C=O) groups excluding carboxylic acids is 1. The van der Waals surface area contributed by atoms with E-state index in [0.717, 1.165) is 30.4 Å². The second-order valence-electron chi connectivity index (χ2n) is 5.22. The molecule has 2 rings (SSSR count). The number of hydrogen-bond acceptors (Lipinski definition) is 3. The quantitative estimate of drug-likeness (QED) is 0.848. The largest absolute Gasteiger partial charge is 0.398 e. The number of likely N-dealkylation sites (tertiary alicyclic amines) is 1. The molecule has 104 valence electrons. The van der Waals surface area contributed by atoms with E-state index in [9.17, 15) is 4.79 Å². The van der Waals surface area contributed by atoms with Crippen molar-refractivity contribution in [3.05, 3.63) is 28.2 Å². The molecule has 0 saturated carbocycles. The fraction of sp³-hybridized carbons (Fsp3) is 0.500. The lowest BCUT2D eigenvalue weighted by Crippen LogP contribution is -2.44. The number of amides is 1. The molecule has 4 nitrogen and oxygen atoms in total. The van der Waals surface area contributed by atoms with Crippen LogP contribution in [-0.4, -0.2) is 48.9 Å². The first-order chi connectivity index (χ1) is 8.99. The maximum absolute atomic E-state index is 12.5. The zero-order valence-electron chi connectivity index (χ0n) is 11.4. The van der Waals surface area contributed by atoms with E-state index in [4.69, 9.17) is 5.73 Å². The van der Waals surface area contributed by atoms with Gasteiger partial charge < -0.3 is 15.5 Å². The van der Waals surface area contributed by atoms with Gasteiger partial charge in [0.1, 0.15) is 0 Å². The monoisotopic (exact) mass is 325 g/mol. The summed E-state index contributed by atoms with van der Waals surface area (Å²) < 4.78 is 0.883. The summed E-state index contributed by atoms with van der Waals surface area (Å²) in [6, 6.07) is 5.99. The Morgan fingerprint density at radius 1 is 1.37 bits per heavy atom. The highest BCUT2D eigenvalue weighted by Gasteiger charge is 2.25. The summed E-state index contributed by atoms with van der Waals surface area (Å²) >= 11 is 3.38. The van der Waals surface area contributed by atoms with Gasteiger partial charge in [-0.15, -0.1) is 0 Å². The maximum Gasteiger partial charge on any atom is 0.255 e. The predicted molar refractivity (Wildman–Crippen MR) is 81.2 cm³/mol. The SMILES string of the molecule is CN(C)C1CCN(C(=O)c2cc(Br)ccc2N)CC1. The van der Waals surface area contributed by atoms with Crippen LogP contribution in [0, 0.1) is 0 Å². The first kappa shape index (κ1) is 14.3. The second kappa shape index (κ2) is 5.92. The summed E-state index contributed by atoms with van der Waals surface area (Å²) in [7, 11) is 4.18. The van der Waals surface area contributed by atoms with E-state index in [1.807, 2.05) is 11.0 Å². The van der Waals surface area contributed by atoms with Gasteiger partial charge in [0.15, 0.2) is 0 Å². The van der Waals surface area contributed by atoms with Crippen LogP contribution in [0.25, 0.3) is 0 Å². The Kier molecular flexibility index (Phi) is 4.47. The van der Waals surface area contributed by atoms with Crippen molar-refractivity contribution in [1.82, 2.24) is 9.80 Å². The zero-order valence-corrected chi connectivity index (χ0v) is 13.0. The van der Waals surface area contributed by atoms with Crippen LogP contribution < -0.4 is 5.73 Å². The highest BCUT2D eigenvalue weighted by atomic mass is 79.9. The molecule has 0 bridgehead atoms. The molecular weight excluding hydrogens is 306 g/mol. The van der Waals surface area contributed by atoms with E-state index in [2.05, 4.69) is 34.9 Å². The molecule has 0 radical (unpaired) electrons. The molecule has 1 aliphatic heterocycles. The Labute approximate surface area is 122 Å².